The van der Waals surface area contributed by atoms with E-state index in [1.54, 1.807) is 17.6 Å². The Labute approximate surface area is 132 Å². The molecule has 3 nitrogen and oxygen atoms in total. The number of fused-ring (bicyclic) bond motifs is 3. The van der Waals surface area contributed by atoms with E-state index in [4.69, 9.17) is 4.42 Å². The Kier molecular flexibility index (Phi) is 2.84. The van der Waals surface area contributed by atoms with Crippen LogP contribution in [0.3, 0.4) is 0 Å². The van der Waals surface area contributed by atoms with E-state index < -0.39 is 0 Å². The minimum absolute atomic E-state index is 0.942. The van der Waals surface area contributed by atoms with E-state index in [1.807, 2.05) is 12.4 Å². The van der Waals surface area contributed by atoms with Gasteiger partial charge in [-0.15, -0.1) is 0 Å². The highest BCUT2D eigenvalue weighted by atomic mass is 32.1. The van der Waals surface area contributed by atoms with Crippen LogP contribution in [0.15, 0.2) is 35.2 Å². The second kappa shape index (κ2) is 4.65. The predicted octanol–water partition coefficient (Wildman–Crippen LogP) is 4.46. The average molecular weight is 309 g/mol. The Hall–Kier alpha value is -2.20. The average Bonchev–Trinajstić information content (AvgIpc) is 3.03. The lowest BCUT2D eigenvalue weighted by atomic mass is 9.97. The number of benzene rings is 1. The van der Waals surface area contributed by atoms with Crippen LogP contribution in [-0.4, -0.2) is 4.98 Å². The van der Waals surface area contributed by atoms with Crippen LogP contribution in [0.5, 0.6) is 0 Å². The van der Waals surface area contributed by atoms with Gasteiger partial charge in [0.05, 0.1) is 18.7 Å². The molecule has 0 N–H and O–H groups in total. The molecule has 0 aliphatic heterocycles. The molecular weight excluding hydrogens is 292 g/mol. The smallest absolute Gasteiger partial charge is 0.287 e. The summed E-state index contributed by atoms with van der Waals surface area (Å²) in [5.41, 5.74) is 7.43. The molecule has 0 saturated carbocycles. The van der Waals surface area contributed by atoms with Crippen LogP contribution in [0, 0.1) is 20.8 Å². The first-order chi connectivity index (χ1) is 10.6. The molecule has 0 saturated heterocycles. The Morgan fingerprint density at radius 3 is 2.82 bits per heavy atom. The van der Waals surface area contributed by atoms with Crippen molar-refractivity contribution in [3.63, 3.8) is 0 Å². The van der Waals surface area contributed by atoms with Gasteiger partial charge in [-0.2, -0.15) is 0 Å². The molecule has 3 aromatic heterocycles. The summed E-state index contributed by atoms with van der Waals surface area (Å²) in [5, 5.41) is 1.10. The number of furan rings is 1. The van der Waals surface area contributed by atoms with E-state index in [-0.39, 0.29) is 0 Å². The molecule has 0 amide bonds. The normalized spacial score (nSPS) is 11.6. The first kappa shape index (κ1) is 13.5. The van der Waals surface area contributed by atoms with E-state index in [0.717, 1.165) is 15.8 Å². The summed E-state index contributed by atoms with van der Waals surface area (Å²) in [6.45, 7) is 6.51. The largest absolute Gasteiger partial charge is 0.453 e. The fraction of sp³-hybridized carbons (Fsp3) is 0.222. The molecule has 0 aliphatic rings. The molecular formula is C18H17N2OS+. The number of hydrogen-bond donors (Lipinski definition) is 0. The minimum atomic E-state index is 0.942. The van der Waals surface area contributed by atoms with Crippen LogP contribution in [0.4, 0.5) is 0 Å². The van der Waals surface area contributed by atoms with Gasteiger partial charge in [-0.3, -0.25) is 0 Å². The Bertz CT molecular complexity index is 1030. The molecule has 1 aromatic carbocycles. The lowest BCUT2D eigenvalue weighted by Gasteiger charge is -2.11. The van der Waals surface area contributed by atoms with E-state index in [0.29, 0.717) is 0 Å². The first-order valence-electron chi connectivity index (χ1n) is 7.29. The van der Waals surface area contributed by atoms with Gasteiger partial charge < -0.3 is 4.42 Å². The highest BCUT2D eigenvalue weighted by Crippen LogP contribution is 2.38. The number of nitrogens with zero attached hydrogens (tertiary/aromatic N) is 2. The van der Waals surface area contributed by atoms with Crippen molar-refractivity contribution < 1.29 is 8.98 Å². The van der Waals surface area contributed by atoms with Crippen LogP contribution in [0.1, 0.15) is 16.7 Å². The van der Waals surface area contributed by atoms with Crippen molar-refractivity contribution in [3.05, 3.63) is 47.5 Å². The molecule has 4 aromatic rings. The third-order valence-electron chi connectivity index (χ3n) is 4.29. The maximum atomic E-state index is 5.58. The lowest BCUT2D eigenvalue weighted by Crippen LogP contribution is -2.31. The summed E-state index contributed by atoms with van der Waals surface area (Å²) in [6, 6.07) is 6.50. The lowest BCUT2D eigenvalue weighted by molar-refractivity contribution is -0.662. The molecule has 110 valence electrons. The SMILES string of the molecule is Cc1cc(C)c(C)c(-c2c3sc4occc4c3nc[n+]2C)c1. The third-order valence-corrected chi connectivity index (χ3v) is 5.38. The van der Waals surface area contributed by atoms with Gasteiger partial charge in [-0.05, 0) is 49.0 Å². The van der Waals surface area contributed by atoms with Crippen molar-refractivity contribution in [2.45, 2.75) is 20.8 Å². The predicted molar refractivity (Wildman–Crippen MR) is 90.2 cm³/mol. The topological polar surface area (TPSA) is 29.9 Å². The van der Waals surface area contributed by atoms with Crippen LogP contribution in [-0.2, 0) is 7.05 Å². The molecule has 3 heterocycles. The Morgan fingerprint density at radius 1 is 1.18 bits per heavy atom. The fourth-order valence-corrected chi connectivity index (χ4v) is 4.24. The van der Waals surface area contributed by atoms with Crippen molar-refractivity contribution >= 4 is 31.8 Å². The number of thiophene rings is 1. The Morgan fingerprint density at radius 2 is 2.00 bits per heavy atom. The van der Waals surface area contributed by atoms with Gasteiger partial charge in [-0.25, -0.2) is 4.57 Å². The monoisotopic (exact) mass is 309 g/mol. The van der Waals surface area contributed by atoms with Crippen molar-refractivity contribution in [2.75, 3.05) is 0 Å². The van der Waals surface area contributed by atoms with Gasteiger partial charge in [-0.1, -0.05) is 23.0 Å². The molecule has 4 rings (SSSR count). The van der Waals surface area contributed by atoms with Gasteiger partial charge in [0.1, 0.15) is 4.70 Å². The molecule has 0 atom stereocenters. The molecule has 0 spiro atoms. The molecule has 0 radical (unpaired) electrons. The van der Waals surface area contributed by atoms with Crippen LogP contribution < -0.4 is 4.57 Å². The van der Waals surface area contributed by atoms with Crippen LogP contribution in [0.25, 0.3) is 31.8 Å². The van der Waals surface area contributed by atoms with Crippen LogP contribution in [0.2, 0.25) is 0 Å². The highest BCUT2D eigenvalue weighted by Gasteiger charge is 2.22. The summed E-state index contributed by atoms with van der Waals surface area (Å²) < 4.78 is 8.88. The fourth-order valence-electron chi connectivity index (χ4n) is 3.06. The molecule has 0 aliphatic carbocycles. The first-order valence-corrected chi connectivity index (χ1v) is 8.10. The highest BCUT2D eigenvalue weighted by molar-refractivity contribution is 7.25. The molecule has 22 heavy (non-hydrogen) atoms. The molecule has 0 unspecified atom stereocenters. The third kappa shape index (κ3) is 1.80. The zero-order valence-corrected chi connectivity index (χ0v) is 13.9. The number of hydrogen-bond acceptors (Lipinski definition) is 3. The van der Waals surface area contributed by atoms with Gasteiger partial charge in [0.15, 0.2) is 10.6 Å². The summed E-state index contributed by atoms with van der Waals surface area (Å²) in [5.74, 6) is 0. The van der Waals surface area contributed by atoms with Gasteiger partial charge >= 0.3 is 0 Å². The van der Waals surface area contributed by atoms with E-state index in [9.17, 15) is 0 Å². The zero-order valence-electron chi connectivity index (χ0n) is 13.1. The summed E-state index contributed by atoms with van der Waals surface area (Å²) in [4.78, 5) is 5.56. The summed E-state index contributed by atoms with van der Waals surface area (Å²) in [7, 11) is 2.06. The van der Waals surface area contributed by atoms with Crippen molar-refractivity contribution in [3.8, 4) is 11.3 Å². The summed E-state index contributed by atoms with van der Waals surface area (Å²) in [6.07, 6.45) is 3.63. The maximum absolute atomic E-state index is 5.58. The van der Waals surface area contributed by atoms with Crippen molar-refractivity contribution in [1.29, 1.82) is 0 Å². The Balaban J connectivity index is 2.16. The second-order valence-corrected chi connectivity index (χ2v) is 6.84. The standard InChI is InChI=1S/C18H17N2OS/c1-10-7-11(2)12(3)14(8-10)16-17-15(19-9-20(16)4)13-5-6-21-18(13)22-17/h5-9H,1-4H3/q+1. The van der Waals surface area contributed by atoms with E-state index in [2.05, 4.69) is 49.5 Å². The number of aryl methyl sites for hydroxylation is 3. The van der Waals surface area contributed by atoms with Crippen molar-refractivity contribution in [2.24, 2.45) is 7.05 Å². The van der Waals surface area contributed by atoms with Gasteiger partial charge in [0.25, 0.3) is 6.33 Å². The van der Waals surface area contributed by atoms with Crippen LogP contribution >= 0.6 is 11.3 Å². The molecule has 0 bridgehead atoms. The molecule has 0 fully saturated rings. The zero-order chi connectivity index (χ0) is 15.4. The number of aromatic nitrogens is 2. The number of rotatable bonds is 1. The molecule has 4 heteroatoms. The summed E-state index contributed by atoms with van der Waals surface area (Å²) >= 11 is 1.67. The van der Waals surface area contributed by atoms with Gasteiger partial charge in [0, 0.05) is 5.56 Å². The van der Waals surface area contributed by atoms with E-state index >= 15 is 0 Å². The van der Waals surface area contributed by atoms with E-state index in [1.165, 1.54) is 32.6 Å². The minimum Gasteiger partial charge on any atom is -0.453 e. The van der Waals surface area contributed by atoms with Crippen molar-refractivity contribution in [1.82, 2.24) is 4.98 Å². The van der Waals surface area contributed by atoms with Gasteiger partial charge in [0.2, 0.25) is 5.52 Å². The quantitative estimate of drug-likeness (QED) is 0.486. The second-order valence-electron chi connectivity index (χ2n) is 5.86. The maximum Gasteiger partial charge on any atom is 0.287 e.